The van der Waals surface area contributed by atoms with Crippen molar-refractivity contribution in [2.24, 2.45) is 0 Å². The van der Waals surface area contributed by atoms with Crippen molar-refractivity contribution in [3.8, 4) is 0 Å². The molecule has 1 aliphatic heterocycles. The Morgan fingerprint density at radius 1 is 1.44 bits per heavy atom. The molecule has 1 aromatic rings. The molecule has 3 rings (SSSR count). The SMILES string of the molecule is OC1(c2cnc(C(F)(F)F)s2)CCN(C2CC2)C1. The summed E-state index contributed by atoms with van der Waals surface area (Å²) in [7, 11) is 0. The van der Waals surface area contributed by atoms with Gasteiger partial charge in [-0.05, 0) is 19.3 Å². The summed E-state index contributed by atoms with van der Waals surface area (Å²) in [6.07, 6.45) is -0.500. The molecule has 1 aliphatic carbocycles. The minimum atomic E-state index is -4.42. The van der Waals surface area contributed by atoms with Gasteiger partial charge in [0.2, 0.25) is 0 Å². The van der Waals surface area contributed by atoms with Crippen molar-refractivity contribution in [3.05, 3.63) is 16.1 Å². The van der Waals surface area contributed by atoms with Crippen molar-refractivity contribution < 1.29 is 18.3 Å². The molecule has 1 atom stereocenters. The number of aromatic nitrogens is 1. The standard InChI is InChI=1S/C11H13F3N2OS/c12-11(13,14)9-15-5-8(18-9)10(17)3-4-16(6-10)7-1-2-7/h5,7,17H,1-4,6H2. The van der Waals surface area contributed by atoms with Crippen molar-refractivity contribution >= 4 is 11.3 Å². The molecule has 2 fully saturated rings. The Hall–Kier alpha value is -0.660. The van der Waals surface area contributed by atoms with Crippen molar-refractivity contribution in [1.29, 1.82) is 0 Å². The highest BCUT2D eigenvalue weighted by atomic mass is 32.1. The number of nitrogens with zero attached hydrogens (tertiary/aromatic N) is 2. The number of hydrogen-bond acceptors (Lipinski definition) is 4. The molecular formula is C11H13F3N2OS. The van der Waals surface area contributed by atoms with E-state index in [0.717, 1.165) is 19.4 Å². The van der Waals surface area contributed by atoms with Gasteiger partial charge in [0.05, 0.1) is 4.88 Å². The molecule has 0 amide bonds. The van der Waals surface area contributed by atoms with E-state index < -0.39 is 16.8 Å². The Labute approximate surface area is 106 Å². The van der Waals surface area contributed by atoms with Gasteiger partial charge in [-0.3, -0.25) is 4.90 Å². The van der Waals surface area contributed by atoms with Gasteiger partial charge in [-0.1, -0.05) is 0 Å². The van der Waals surface area contributed by atoms with Gasteiger partial charge >= 0.3 is 6.18 Å². The molecule has 3 nitrogen and oxygen atoms in total. The Morgan fingerprint density at radius 2 is 2.17 bits per heavy atom. The van der Waals surface area contributed by atoms with Crippen molar-refractivity contribution in [3.63, 3.8) is 0 Å². The molecule has 100 valence electrons. The zero-order chi connectivity index (χ0) is 13.0. The topological polar surface area (TPSA) is 36.4 Å². The first-order valence-corrected chi connectivity index (χ1v) is 6.70. The molecule has 18 heavy (non-hydrogen) atoms. The van der Waals surface area contributed by atoms with Crippen LogP contribution in [0.25, 0.3) is 0 Å². The third-order valence-electron chi connectivity index (χ3n) is 3.55. The summed E-state index contributed by atoms with van der Waals surface area (Å²) in [6.45, 7) is 1.18. The molecule has 0 spiro atoms. The largest absolute Gasteiger partial charge is 0.443 e. The van der Waals surface area contributed by atoms with Crippen LogP contribution in [0.1, 0.15) is 29.1 Å². The van der Waals surface area contributed by atoms with E-state index >= 15 is 0 Å². The zero-order valence-corrected chi connectivity index (χ0v) is 10.4. The van der Waals surface area contributed by atoms with Gasteiger partial charge < -0.3 is 5.11 Å². The second kappa shape index (κ2) is 3.91. The van der Waals surface area contributed by atoms with Crippen LogP contribution in [0.5, 0.6) is 0 Å². The second-order valence-corrected chi connectivity index (χ2v) is 6.04. The molecule has 2 aliphatic rings. The van der Waals surface area contributed by atoms with E-state index in [9.17, 15) is 18.3 Å². The van der Waals surface area contributed by atoms with Crippen molar-refractivity contribution in [2.75, 3.05) is 13.1 Å². The lowest BCUT2D eigenvalue weighted by Crippen LogP contribution is -2.31. The number of aliphatic hydroxyl groups is 1. The first kappa shape index (κ1) is 12.4. The van der Waals surface area contributed by atoms with Crippen LogP contribution in [0.15, 0.2) is 6.20 Å². The molecule has 0 radical (unpaired) electrons. The van der Waals surface area contributed by atoms with E-state index in [1.165, 1.54) is 6.20 Å². The summed E-state index contributed by atoms with van der Waals surface area (Å²) in [5.41, 5.74) is -1.15. The number of hydrogen-bond donors (Lipinski definition) is 1. The Morgan fingerprint density at radius 3 is 2.72 bits per heavy atom. The van der Waals surface area contributed by atoms with Gasteiger partial charge in [-0.2, -0.15) is 13.2 Å². The number of rotatable bonds is 2. The minimum absolute atomic E-state index is 0.331. The van der Waals surface area contributed by atoms with Gasteiger partial charge in [0.1, 0.15) is 5.60 Å². The fourth-order valence-electron chi connectivity index (χ4n) is 2.40. The number of likely N-dealkylation sites (tertiary alicyclic amines) is 1. The zero-order valence-electron chi connectivity index (χ0n) is 9.57. The molecule has 1 saturated heterocycles. The molecule has 1 aromatic heterocycles. The molecule has 2 heterocycles. The van der Waals surface area contributed by atoms with Crippen molar-refractivity contribution in [2.45, 2.75) is 37.1 Å². The maximum absolute atomic E-state index is 12.5. The fraction of sp³-hybridized carbons (Fsp3) is 0.727. The predicted molar refractivity (Wildman–Crippen MR) is 60.2 cm³/mol. The summed E-state index contributed by atoms with van der Waals surface area (Å²) in [5, 5.41) is 9.57. The monoisotopic (exact) mass is 278 g/mol. The normalized spacial score (nSPS) is 30.0. The van der Waals surface area contributed by atoms with Crippen LogP contribution in [0.2, 0.25) is 0 Å². The van der Waals surface area contributed by atoms with E-state index in [4.69, 9.17) is 0 Å². The molecular weight excluding hydrogens is 265 g/mol. The lowest BCUT2D eigenvalue weighted by atomic mass is 10.0. The number of β-amino-alcohol motifs (C(OH)–C–C–N with tert-alkyl or cyclic N) is 1. The Balaban J connectivity index is 1.79. The van der Waals surface area contributed by atoms with Crippen LogP contribution in [-0.4, -0.2) is 34.1 Å². The summed E-state index contributed by atoms with van der Waals surface area (Å²) in [5.74, 6) is 0. The molecule has 1 saturated carbocycles. The number of alkyl halides is 3. The van der Waals surface area contributed by atoms with E-state index in [2.05, 4.69) is 9.88 Å². The maximum atomic E-state index is 12.5. The average Bonchev–Trinajstić information content (AvgIpc) is 2.85. The highest BCUT2D eigenvalue weighted by molar-refractivity contribution is 7.11. The Kier molecular flexibility index (Phi) is 2.69. The molecule has 0 bridgehead atoms. The number of halogens is 3. The second-order valence-electron chi connectivity index (χ2n) is 5.01. The summed E-state index contributed by atoms with van der Waals surface area (Å²) in [4.78, 5) is 5.87. The first-order chi connectivity index (χ1) is 8.38. The van der Waals surface area contributed by atoms with Crippen LogP contribution >= 0.6 is 11.3 Å². The predicted octanol–water partition coefficient (Wildman–Crippen LogP) is 2.22. The lowest BCUT2D eigenvalue weighted by Gasteiger charge is -2.21. The molecule has 7 heteroatoms. The maximum Gasteiger partial charge on any atom is 0.443 e. The summed E-state index contributed by atoms with van der Waals surface area (Å²) < 4.78 is 37.5. The first-order valence-electron chi connectivity index (χ1n) is 5.88. The molecule has 1 N–H and O–H groups in total. The van der Waals surface area contributed by atoms with E-state index in [0.29, 0.717) is 35.2 Å². The average molecular weight is 278 g/mol. The number of thiazole rings is 1. The van der Waals surface area contributed by atoms with Gasteiger partial charge in [0.15, 0.2) is 5.01 Å². The fourth-order valence-corrected chi connectivity index (χ4v) is 3.29. The van der Waals surface area contributed by atoms with Crippen LogP contribution in [-0.2, 0) is 11.8 Å². The van der Waals surface area contributed by atoms with Crippen LogP contribution in [0, 0.1) is 0 Å². The third-order valence-corrected chi connectivity index (χ3v) is 4.78. The van der Waals surface area contributed by atoms with Gasteiger partial charge in [0.25, 0.3) is 0 Å². The smallest absolute Gasteiger partial charge is 0.383 e. The van der Waals surface area contributed by atoms with Crippen LogP contribution in [0.4, 0.5) is 13.2 Å². The van der Waals surface area contributed by atoms with Gasteiger partial charge in [0, 0.05) is 25.3 Å². The van der Waals surface area contributed by atoms with E-state index in [1.807, 2.05) is 0 Å². The third kappa shape index (κ3) is 2.15. The van der Waals surface area contributed by atoms with Crippen LogP contribution in [0.3, 0.4) is 0 Å². The minimum Gasteiger partial charge on any atom is -0.383 e. The van der Waals surface area contributed by atoms with Crippen LogP contribution < -0.4 is 0 Å². The lowest BCUT2D eigenvalue weighted by molar-refractivity contribution is -0.137. The van der Waals surface area contributed by atoms with Gasteiger partial charge in [-0.15, -0.1) is 11.3 Å². The molecule has 1 unspecified atom stereocenters. The summed E-state index contributed by atoms with van der Waals surface area (Å²) in [6, 6.07) is 0.522. The Bertz CT molecular complexity index is 457. The summed E-state index contributed by atoms with van der Waals surface area (Å²) >= 11 is 0.557. The van der Waals surface area contributed by atoms with E-state index in [-0.39, 0.29) is 0 Å². The van der Waals surface area contributed by atoms with E-state index in [1.54, 1.807) is 0 Å². The highest BCUT2D eigenvalue weighted by Crippen LogP contribution is 2.42. The molecule has 0 aromatic carbocycles. The van der Waals surface area contributed by atoms with Gasteiger partial charge in [-0.25, -0.2) is 4.98 Å². The van der Waals surface area contributed by atoms with Crippen molar-refractivity contribution in [1.82, 2.24) is 9.88 Å². The quantitative estimate of drug-likeness (QED) is 0.901. The highest BCUT2D eigenvalue weighted by Gasteiger charge is 2.45.